The number of pyridine rings is 1. The Labute approximate surface area is 243 Å². The van der Waals surface area contributed by atoms with Crippen molar-refractivity contribution >= 4 is 29.1 Å². The number of amides is 1. The molecule has 3 aromatic carbocycles. The lowest BCUT2D eigenvalue weighted by Gasteiger charge is -2.36. The molecule has 7 nitrogen and oxygen atoms in total. The van der Waals surface area contributed by atoms with Crippen LogP contribution in [0, 0.1) is 0 Å². The second-order valence-electron chi connectivity index (χ2n) is 9.93. The van der Waals surface area contributed by atoms with E-state index in [0.29, 0.717) is 17.7 Å². The first-order valence-corrected chi connectivity index (χ1v) is 14.5. The number of ether oxygens (including phenoxy) is 2. The van der Waals surface area contributed by atoms with E-state index in [9.17, 15) is 14.7 Å². The maximum absolute atomic E-state index is 12.7. The van der Waals surface area contributed by atoms with Crippen molar-refractivity contribution in [2.24, 2.45) is 0 Å². The number of ketones is 1. The lowest BCUT2D eigenvalue weighted by molar-refractivity contribution is -0.245. The van der Waals surface area contributed by atoms with Crippen LogP contribution < -0.4 is 5.32 Å². The van der Waals surface area contributed by atoms with Gasteiger partial charge in [0.25, 0.3) is 0 Å². The van der Waals surface area contributed by atoms with Gasteiger partial charge in [0, 0.05) is 35.2 Å². The van der Waals surface area contributed by atoms with Crippen molar-refractivity contribution in [1.82, 2.24) is 4.98 Å². The molecular weight excluding hydrogens is 536 g/mol. The molecule has 210 valence electrons. The third-order valence-corrected chi connectivity index (χ3v) is 7.91. The van der Waals surface area contributed by atoms with Crippen LogP contribution in [0.2, 0.25) is 0 Å². The van der Waals surface area contributed by atoms with E-state index in [4.69, 9.17) is 9.47 Å². The van der Waals surface area contributed by atoms with Gasteiger partial charge in [-0.15, -0.1) is 11.8 Å². The molecule has 0 aliphatic carbocycles. The Morgan fingerprint density at radius 2 is 1.68 bits per heavy atom. The molecule has 8 heteroatoms. The highest BCUT2D eigenvalue weighted by atomic mass is 32.2. The Morgan fingerprint density at radius 3 is 2.39 bits per heavy atom. The summed E-state index contributed by atoms with van der Waals surface area (Å²) in [5.74, 6) is 0.512. The summed E-state index contributed by atoms with van der Waals surface area (Å²) in [6.45, 7) is 1.49. The molecule has 1 aromatic heterocycles. The normalized spacial score (nSPS) is 18.5. The molecule has 0 bridgehead atoms. The first-order valence-electron chi connectivity index (χ1n) is 13.5. The number of hydrogen-bond acceptors (Lipinski definition) is 7. The lowest BCUT2D eigenvalue weighted by Crippen LogP contribution is -2.31. The number of anilines is 1. The number of Topliss-reactive ketones (excluding diaryl/α,β-unsaturated/α-hetero) is 1. The summed E-state index contributed by atoms with van der Waals surface area (Å²) in [5, 5.41) is 13.2. The van der Waals surface area contributed by atoms with Crippen LogP contribution in [-0.2, 0) is 27.3 Å². The standard InChI is InChI=1S/C33H32N2O5S/c1-22(37)27-5-4-6-28(18-27)35-31(38)17-23-8-14-26(15-9-23)33-39-29(21-41-32-7-2-3-16-34-32)19-30(40-33)25-12-10-24(20-36)11-13-25/h2-16,18,29-30,33,36H,17,19-21H2,1H3,(H,35,38)/t29-,30+,33?/m0/s1. The number of carbonyl (C=O) groups is 2. The first kappa shape index (κ1) is 28.7. The summed E-state index contributed by atoms with van der Waals surface area (Å²) in [6, 6.07) is 28.3. The Bertz CT molecular complexity index is 1460. The molecule has 1 amide bonds. The van der Waals surface area contributed by atoms with Gasteiger partial charge in [-0.3, -0.25) is 9.59 Å². The van der Waals surface area contributed by atoms with Gasteiger partial charge >= 0.3 is 0 Å². The SMILES string of the molecule is CC(=O)c1cccc(NC(=O)Cc2ccc(C3O[C@H](CSc4ccccn4)C[C@H](c4ccc(CO)cc4)O3)cc2)c1. The Balaban J connectivity index is 1.26. The summed E-state index contributed by atoms with van der Waals surface area (Å²) >= 11 is 1.65. The molecule has 0 saturated carbocycles. The molecule has 2 heterocycles. The van der Waals surface area contributed by atoms with Crippen LogP contribution in [0.4, 0.5) is 5.69 Å². The summed E-state index contributed by atoms with van der Waals surface area (Å²) < 4.78 is 12.8. The molecule has 0 radical (unpaired) electrons. The van der Waals surface area contributed by atoms with E-state index in [1.54, 1.807) is 42.2 Å². The number of aliphatic hydroxyl groups is 1. The van der Waals surface area contributed by atoms with Crippen LogP contribution in [0.5, 0.6) is 0 Å². The smallest absolute Gasteiger partial charge is 0.228 e. The van der Waals surface area contributed by atoms with Crippen LogP contribution in [0.15, 0.2) is 102 Å². The Morgan fingerprint density at radius 1 is 0.927 bits per heavy atom. The van der Waals surface area contributed by atoms with Gasteiger partial charge in [0.15, 0.2) is 12.1 Å². The van der Waals surface area contributed by atoms with Crippen LogP contribution in [0.1, 0.15) is 58.4 Å². The quantitative estimate of drug-likeness (QED) is 0.171. The molecule has 4 aromatic rings. The van der Waals surface area contributed by atoms with E-state index in [2.05, 4.69) is 10.3 Å². The number of thioether (sulfide) groups is 1. The Hall–Kier alpha value is -3.82. The van der Waals surface area contributed by atoms with Gasteiger partial charge in [0.2, 0.25) is 5.91 Å². The van der Waals surface area contributed by atoms with Crippen LogP contribution in [0.3, 0.4) is 0 Å². The maximum Gasteiger partial charge on any atom is 0.228 e. The van der Waals surface area contributed by atoms with Gasteiger partial charge in [-0.05, 0) is 47.9 Å². The van der Waals surface area contributed by atoms with Crippen molar-refractivity contribution in [3.05, 3.63) is 125 Å². The molecule has 1 unspecified atom stereocenters. The number of nitrogens with zero attached hydrogens (tertiary/aromatic N) is 1. The van der Waals surface area contributed by atoms with Crippen molar-refractivity contribution in [2.75, 3.05) is 11.1 Å². The predicted octanol–water partition coefficient (Wildman–Crippen LogP) is 6.30. The summed E-state index contributed by atoms with van der Waals surface area (Å²) in [7, 11) is 0. The third-order valence-electron chi connectivity index (χ3n) is 6.84. The molecule has 3 atom stereocenters. The van der Waals surface area contributed by atoms with Gasteiger partial charge in [-0.25, -0.2) is 4.98 Å². The molecule has 41 heavy (non-hydrogen) atoms. The Kier molecular flexibility index (Phi) is 9.59. The van der Waals surface area contributed by atoms with E-state index in [-0.39, 0.29) is 36.9 Å². The van der Waals surface area contributed by atoms with Gasteiger partial charge in [0.05, 0.1) is 30.3 Å². The van der Waals surface area contributed by atoms with Crippen molar-refractivity contribution < 1.29 is 24.2 Å². The maximum atomic E-state index is 12.7. The van der Waals surface area contributed by atoms with Crippen molar-refractivity contribution in [3.63, 3.8) is 0 Å². The molecule has 5 rings (SSSR count). The first-order chi connectivity index (χ1) is 20.0. The zero-order valence-electron chi connectivity index (χ0n) is 22.7. The number of carbonyl (C=O) groups excluding carboxylic acids is 2. The average Bonchev–Trinajstić information content (AvgIpc) is 3.01. The number of aliphatic hydroxyl groups excluding tert-OH is 1. The minimum absolute atomic E-state index is 0.00392. The van der Waals surface area contributed by atoms with E-state index in [1.807, 2.05) is 66.7 Å². The topological polar surface area (TPSA) is 97.8 Å². The van der Waals surface area contributed by atoms with Crippen LogP contribution >= 0.6 is 11.8 Å². The fourth-order valence-electron chi connectivity index (χ4n) is 4.63. The monoisotopic (exact) mass is 568 g/mol. The second-order valence-corrected chi connectivity index (χ2v) is 11.0. The van der Waals surface area contributed by atoms with Gasteiger partial charge in [0.1, 0.15) is 0 Å². The number of hydrogen-bond donors (Lipinski definition) is 2. The van der Waals surface area contributed by atoms with Crippen molar-refractivity contribution in [3.8, 4) is 0 Å². The highest BCUT2D eigenvalue weighted by Crippen LogP contribution is 2.39. The summed E-state index contributed by atoms with van der Waals surface area (Å²) in [5.41, 5.74) is 4.75. The highest BCUT2D eigenvalue weighted by molar-refractivity contribution is 7.99. The lowest BCUT2D eigenvalue weighted by atomic mass is 10.0. The zero-order chi connectivity index (χ0) is 28.6. The van der Waals surface area contributed by atoms with E-state index in [0.717, 1.165) is 33.0 Å². The molecular formula is C33H32N2O5S. The molecule has 0 spiro atoms. The molecule has 2 N–H and O–H groups in total. The fraction of sp³-hybridized carbons (Fsp3) is 0.242. The average molecular weight is 569 g/mol. The highest BCUT2D eigenvalue weighted by Gasteiger charge is 2.32. The van der Waals surface area contributed by atoms with Crippen molar-refractivity contribution in [1.29, 1.82) is 0 Å². The molecule has 1 saturated heterocycles. The molecule has 1 aliphatic heterocycles. The summed E-state index contributed by atoms with van der Waals surface area (Å²) in [4.78, 5) is 28.7. The van der Waals surface area contributed by atoms with E-state index >= 15 is 0 Å². The summed E-state index contributed by atoms with van der Waals surface area (Å²) in [6.07, 6.45) is 1.86. The van der Waals surface area contributed by atoms with Crippen LogP contribution in [-0.4, -0.2) is 33.6 Å². The van der Waals surface area contributed by atoms with Crippen LogP contribution in [0.25, 0.3) is 0 Å². The molecule has 1 fully saturated rings. The number of rotatable bonds is 10. The third kappa shape index (κ3) is 7.89. The minimum atomic E-state index is -0.571. The second kappa shape index (κ2) is 13.7. The van der Waals surface area contributed by atoms with Crippen molar-refractivity contribution in [2.45, 2.75) is 49.9 Å². The van der Waals surface area contributed by atoms with Gasteiger partial charge in [-0.1, -0.05) is 66.7 Å². The van der Waals surface area contributed by atoms with Gasteiger partial charge < -0.3 is 19.9 Å². The minimum Gasteiger partial charge on any atom is -0.392 e. The predicted molar refractivity (Wildman–Crippen MR) is 159 cm³/mol. The fourth-order valence-corrected chi connectivity index (χ4v) is 5.51. The van der Waals surface area contributed by atoms with E-state index in [1.165, 1.54) is 6.92 Å². The van der Waals surface area contributed by atoms with Gasteiger partial charge in [-0.2, -0.15) is 0 Å². The molecule has 1 aliphatic rings. The number of nitrogens with one attached hydrogen (secondary N) is 1. The number of benzene rings is 3. The zero-order valence-corrected chi connectivity index (χ0v) is 23.6. The largest absolute Gasteiger partial charge is 0.392 e. The van der Waals surface area contributed by atoms with E-state index < -0.39 is 6.29 Å². The number of aromatic nitrogens is 1.